The minimum atomic E-state index is -0.851. The molecular weight excluding hydrogens is 664 g/mol. The van der Waals surface area contributed by atoms with Crippen LogP contribution in [0.5, 0.6) is 0 Å². The zero-order valence-electron chi connectivity index (χ0n) is 28.5. The van der Waals surface area contributed by atoms with Gasteiger partial charge in [0.05, 0.1) is 0 Å². The van der Waals surface area contributed by atoms with E-state index in [9.17, 15) is 27.2 Å². The summed E-state index contributed by atoms with van der Waals surface area (Å²) < 4.78 is 52.5. The molecule has 0 bridgehead atoms. The van der Waals surface area contributed by atoms with E-state index in [4.69, 9.17) is 0 Å². The summed E-state index contributed by atoms with van der Waals surface area (Å²) in [5.74, 6) is -3.55. The van der Waals surface area contributed by atoms with Gasteiger partial charge in [-0.1, -0.05) is 52.4 Å². The van der Waals surface area contributed by atoms with Gasteiger partial charge in [-0.05, 0) is 49.9 Å². The van der Waals surface area contributed by atoms with Crippen LogP contribution in [0.4, 0.5) is 28.9 Å². The van der Waals surface area contributed by atoms with Gasteiger partial charge >= 0.3 is 21.7 Å². The van der Waals surface area contributed by atoms with Crippen LogP contribution in [0.15, 0.2) is 60.7 Å². The molecule has 2 aromatic rings. The van der Waals surface area contributed by atoms with Crippen LogP contribution in [0.25, 0.3) is 0 Å². The topological polar surface area (TPSA) is 58.2 Å². The zero-order chi connectivity index (χ0) is 34.8. The first-order valence-corrected chi connectivity index (χ1v) is 17.0. The van der Waals surface area contributed by atoms with Crippen LogP contribution in [-0.4, -0.2) is 11.8 Å². The van der Waals surface area contributed by atoms with Crippen molar-refractivity contribution in [2.75, 3.05) is 10.6 Å². The van der Waals surface area contributed by atoms with Crippen molar-refractivity contribution in [3.63, 3.8) is 0 Å². The molecule has 0 heterocycles. The third-order valence-electron chi connectivity index (χ3n) is 9.33. The molecule has 2 amide bonds. The van der Waals surface area contributed by atoms with Crippen molar-refractivity contribution in [1.29, 1.82) is 0 Å². The summed E-state index contributed by atoms with van der Waals surface area (Å²) in [6.45, 7) is 3.97. The van der Waals surface area contributed by atoms with Crippen molar-refractivity contribution in [2.45, 2.75) is 104 Å². The number of hydrogen-bond donors (Lipinski definition) is 2. The smallest absolute Gasteiger partial charge is 0.376 e. The third-order valence-corrected chi connectivity index (χ3v) is 9.33. The number of hydrogen-bond acceptors (Lipinski definition) is 2. The summed E-state index contributed by atoms with van der Waals surface area (Å²) in [4.78, 5) is 24.7. The molecule has 0 aromatic heterocycles. The predicted octanol–water partition coefficient (Wildman–Crippen LogP) is 10.7. The number of benzene rings is 2. The molecule has 0 aliphatic heterocycles. The standard InChI is InChI=1S/2C15H18F2NO.2C5H5.Ti/c2*1-2-15(8-4-3-5-9-15)14(19)18-13-7-6-11(16)10-12(13)17;2*1-2-4-5-3-1;/h2*6-7H,2-5,8-9H2,1H3,(H,18,19);2*1-3H,4H2;/q4*-1;+4. The monoisotopic (exact) mass is 710 g/mol. The molecule has 6 rings (SSSR count). The molecule has 0 radical (unpaired) electrons. The first-order valence-electron chi connectivity index (χ1n) is 17.0. The summed E-state index contributed by atoms with van der Waals surface area (Å²) in [5.41, 5.74) is -0.799. The van der Waals surface area contributed by atoms with Crippen molar-refractivity contribution in [1.82, 2.24) is 0 Å². The molecule has 0 atom stereocenters. The number of anilines is 2. The van der Waals surface area contributed by atoms with Crippen LogP contribution >= 0.6 is 0 Å². The fraction of sp³-hybridized carbons (Fsp3) is 0.450. The molecule has 0 saturated heterocycles. The van der Waals surface area contributed by atoms with E-state index >= 15 is 0 Å². The van der Waals surface area contributed by atoms with Gasteiger partial charge in [0.15, 0.2) is 0 Å². The van der Waals surface area contributed by atoms with E-state index in [1.807, 2.05) is 50.3 Å². The minimum Gasteiger partial charge on any atom is -0.376 e. The van der Waals surface area contributed by atoms with Gasteiger partial charge in [0.2, 0.25) is 11.8 Å². The van der Waals surface area contributed by atoms with Gasteiger partial charge in [-0.25, -0.2) is 41.9 Å². The normalized spacial score (nSPS) is 17.6. The Kier molecular flexibility index (Phi) is 18.6. The van der Waals surface area contributed by atoms with E-state index < -0.39 is 34.1 Å². The third kappa shape index (κ3) is 13.2. The van der Waals surface area contributed by atoms with E-state index in [0.717, 1.165) is 102 Å². The number of nitrogens with one attached hydrogen (secondary N) is 2. The van der Waals surface area contributed by atoms with E-state index in [1.165, 1.54) is 12.1 Å². The summed E-state index contributed by atoms with van der Waals surface area (Å²) >= 11 is 0. The van der Waals surface area contributed by atoms with Gasteiger partial charge in [0, 0.05) is 34.1 Å². The molecule has 2 saturated carbocycles. The van der Waals surface area contributed by atoms with E-state index in [-0.39, 0.29) is 44.9 Å². The fourth-order valence-corrected chi connectivity index (χ4v) is 6.21. The number of allylic oxidation sites excluding steroid dienone is 8. The Morgan fingerprint density at radius 1 is 0.633 bits per heavy atom. The Labute approximate surface area is 304 Å². The molecule has 2 N–H and O–H groups in total. The maximum Gasteiger partial charge on any atom is 4.00 e. The molecule has 9 heteroatoms. The zero-order valence-corrected chi connectivity index (χ0v) is 30.1. The molecule has 4 nitrogen and oxygen atoms in total. The van der Waals surface area contributed by atoms with Crippen molar-refractivity contribution in [2.24, 2.45) is 10.8 Å². The summed E-state index contributed by atoms with van der Waals surface area (Å²) in [5, 5.41) is 5.17. The molecule has 4 aliphatic rings. The SMILES string of the molecule is CCC1(C(=O)Nc2ccc(F)[c-]c2F)CCCCC1.CCC1(C(=O)Nc2ccc(F)[c-]c2F)CCCCC1.[C-]1=CC=CC1.[C-]1=CC=CC1.[Ti+4]. The molecule has 4 aliphatic carbocycles. The number of amides is 2. The first-order chi connectivity index (χ1) is 23.1. The number of halogens is 4. The molecule has 260 valence electrons. The van der Waals surface area contributed by atoms with Gasteiger partial charge in [0.25, 0.3) is 0 Å². The van der Waals surface area contributed by atoms with Crippen LogP contribution in [-0.2, 0) is 31.3 Å². The Morgan fingerprint density at radius 2 is 1.00 bits per heavy atom. The summed E-state index contributed by atoms with van der Waals surface area (Å²) in [6.07, 6.45) is 31.2. The van der Waals surface area contributed by atoms with Gasteiger partial charge in [0.1, 0.15) is 0 Å². The van der Waals surface area contributed by atoms with Crippen molar-refractivity contribution >= 4 is 23.2 Å². The first kappa shape index (κ1) is 41.9. The molecule has 2 fully saturated rings. The van der Waals surface area contributed by atoms with Crippen molar-refractivity contribution in [3.05, 3.63) is 108 Å². The van der Waals surface area contributed by atoms with Gasteiger partial charge in [-0.3, -0.25) is 21.7 Å². The van der Waals surface area contributed by atoms with Crippen LogP contribution in [0.3, 0.4) is 0 Å². The molecular formula is C40H46F4N2O2Ti. The molecule has 2 aromatic carbocycles. The van der Waals surface area contributed by atoms with Crippen LogP contribution < -0.4 is 10.6 Å². The van der Waals surface area contributed by atoms with Crippen LogP contribution in [0.1, 0.15) is 104 Å². The summed E-state index contributed by atoms with van der Waals surface area (Å²) in [6, 6.07) is 8.53. The number of carbonyl (C=O) groups excluding carboxylic acids is 2. The molecule has 0 unspecified atom stereocenters. The second kappa shape index (κ2) is 21.8. The largest absolute Gasteiger partial charge is 4.00 e. The second-order valence-electron chi connectivity index (χ2n) is 12.4. The average Bonchev–Trinajstić information content (AvgIpc) is 3.89. The minimum absolute atomic E-state index is 0. The quantitative estimate of drug-likeness (QED) is 0.178. The van der Waals surface area contributed by atoms with Crippen molar-refractivity contribution in [3.8, 4) is 0 Å². The number of rotatable bonds is 6. The predicted molar refractivity (Wildman–Crippen MR) is 182 cm³/mol. The van der Waals surface area contributed by atoms with E-state index in [0.29, 0.717) is 0 Å². The maximum absolute atomic E-state index is 13.5. The van der Waals surface area contributed by atoms with Gasteiger partial charge in [-0.15, -0.1) is 49.2 Å². The molecule has 49 heavy (non-hydrogen) atoms. The molecule has 0 spiro atoms. The Bertz CT molecular complexity index is 1330. The summed E-state index contributed by atoms with van der Waals surface area (Å²) in [7, 11) is 0. The van der Waals surface area contributed by atoms with E-state index in [2.05, 4.69) is 34.9 Å². The maximum atomic E-state index is 13.5. The van der Waals surface area contributed by atoms with Gasteiger partial charge in [-0.2, -0.15) is 12.2 Å². The Balaban J connectivity index is 0.000000260. The van der Waals surface area contributed by atoms with E-state index in [1.54, 1.807) is 0 Å². The van der Waals surface area contributed by atoms with Crippen molar-refractivity contribution < 1.29 is 48.9 Å². The fourth-order valence-electron chi connectivity index (χ4n) is 6.21. The van der Waals surface area contributed by atoms with Crippen LogP contribution in [0.2, 0.25) is 0 Å². The number of carbonyl (C=O) groups is 2. The van der Waals surface area contributed by atoms with Gasteiger partial charge < -0.3 is 10.6 Å². The average molecular weight is 711 g/mol. The van der Waals surface area contributed by atoms with Crippen LogP contribution in [0, 0.1) is 58.4 Å². The Morgan fingerprint density at radius 3 is 1.24 bits per heavy atom. The second-order valence-corrected chi connectivity index (χ2v) is 12.4. The Hall–Kier alpha value is -3.23.